The number of piperidine rings is 1. The Balaban J connectivity index is 0.00000450. The van der Waals surface area contributed by atoms with E-state index in [1.165, 1.54) is 6.42 Å². The van der Waals surface area contributed by atoms with Gasteiger partial charge in [-0.05, 0) is 39.0 Å². The summed E-state index contributed by atoms with van der Waals surface area (Å²) in [4.78, 5) is 35.3. The van der Waals surface area contributed by atoms with E-state index in [1.807, 2.05) is 25.7 Å². The minimum Gasteiger partial charge on any atom is -0.459 e. The maximum absolute atomic E-state index is 12.7. The molecule has 2 saturated heterocycles. The van der Waals surface area contributed by atoms with Gasteiger partial charge in [0.05, 0.1) is 6.54 Å². The maximum atomic E-state index is 12.7. The number of hydrogen-bond acceptors (Lipinski definition) is 5. The molecule has 2 fully saturated rings. The van der Waals surface area contributed by atoms with Crippen LogP contribution in [0.3, 0.4) is 0 Å². The third-order valence-corrected chi connectivity index (χ3v) is 5.27. The number of nitrogens with one attached hydrogen (secondary N) is 1. The Morgan fingerprint density at radius 3 is 2.10 bits per heavy atom. The molecule has 2 heterocycles. The molecular formula is C21H40IN5O3. The number of amides is 1. The minimum atomic E-state index is -0.496. The molecule has 30 heavy (non-hydrogen) atoms. The fraction of sp³-hybridized carbons (Fsp3) is 0.857. The van der Waals surface area contributed by atoms with Crippen LogP contribution in [0.4, 0.5) is 0 Å². The number of carbonyl (C=O) groups is 2. The molecule has 0 spiro atoms. The first-order valence-corrected chi connectivity index (χ1v) is 10.7. The van der Waals surface area contributed by atoms with E-state index in [0.717, 1.165) is 39.3 Å². The van der Waals surface area contributed by atoms with Crippen LogP contribution in [0.2, 0.25) is 0 Å². The standard InChI is InChI=1S/C21H39N5O3.HI/c1-16-11-17(2)14-26(13-16)18(27)15-24-7-9-25(10-8-24)20(22-6)23-12-19(28)29-21(3,4)5;/h16-17H,7-15H2,1-6H3,(H,22,23);1H. The van der Waals surface area contributed by atoms with Crippen LogP contribution in [0.25, 0.3) is 0 Å². The lowest BCUT2D eigenvalue weighted by atomic mass is 9.92. The van der Waals surface area contributed by atoms with Crippen LogP contribution < -0.4 is 5.32 Å². The molecule has 0 saturated carbocycles. The number of halogens is 1. The second-order valence-corrected chi connectivity index (χ2v) is 9.50. The summed E-state index contributed by atoms with van der Waals surface area (Å²) in [6, 6.07) is 0. The lowest BCUT2D eigenvalue weighted by Gasteiger charge is -2.39. The van der Waals surface area contributed by atoms with Gasteiger partial charge in [0.25, 0.3) is 0 Å². The molecule has 2 aliphatic rings. The van der Waals surface area contributed by atoms with Crippen molar-refractivity contribution in [3.05, 3.63) is 0 Å². The average Bonchev–Trinajstić information content (AvgIpc) is 2.61. The van der Waals surface area contributed by atoms with Crippen LogP contribution >= 0.6 is 24.0 Å². The Bertz CT molecular complexity index is 590. The number of guanidine groups is 1. The molecule has 2 rings (SSSR count). The Morgan fingerprint density at radius 1 is 1.03 bits per heavy atom. The summed E-state index contributed by atoms with van der Waals surface area (Å²) in [6.07, 6.45) is 1.21. The van der Waals surface area contributed by atoms with Gasteiger partial charge in [-0.2, -0.15) is 0 Å². The Labute approximate surface area is 198 Å². The van der Waals surface area contributed by atoms with Crippen molar-refractivity contribution in [2.75, 3.05) is 59.4 Å². The van der Waals surface area contributed by atoms with Gasteiger partial charge in [0, 0.05) is 46.3 Å². The SMILES string of the molecule is CN=C(NCC(=O)OC(C)(C)C)N1CCN(CC(=O)N2CC(C)CC(C)C2)CC1.I. The van der Waals surface area contributed by atoms with Crippen LogP contribution in [-0.2, 0) is 14.3 Å². The van der Waals surface area contributed by atoms with Crippen molar-refractivity contribution in [1.29, 1.82) is 0 Å². The number of rotatable bonds is 4. The normalized spacial score (nSPS) is 23.6. The molecular weight excluding hydrogens is 497 g/mol. The van der Waals surface area contributed by atoms with E-state index in [9.17, 15) is 9.59 Å². The highest BCUT2D eigenvalue weighted by Gasteiger charge is 2.28. The van der Waals surface area contributed by atoms with Crippen molar-refractivity contribution < 1.29 is 14.3 Å². The summed E-state index contributed by atoms with van der Waals surface area (Å²) in [5.41, 5.74) is -0.496. The van der Waals surface area contributed by atoms with E-state index in [0.29, 0.717) is 24.3 Å². The molecule has 174 valence electrons. The number of nitrogens with zero attached hydrogens (tertiary/aromatic N) is 4. The highest BCUT2D eigenvalue weighted by Crippen LogP contribution is 2.21. The van der Waals surface area contributed by atoms with E-state index >= 15 is 0 Å². The molecule has 0 aliphatic carbocycles. The molecule has 0 aromatic heterocycles. The fourth-order valence-electron chi connectivity index (χ4n) is 4.14. The predicted molar refractivity (Wildman–Crippen MR) is 130 cm³/mol. The van der Waals surface area contributed by atoms with Crippen molar-refractivity contribution in [3.63, 3.8) is 0 Å². The second-order valence-electron chi connectivity index (χ2n) is 9.50. The number of ether oxygens (including phenoxy) is 1. The molecule has 0 aromatic carbocycles. The Hall–Kier alpha value is -1.10. The maximum Gasteiger partial charge on any atom is 0.325 e. The summed E-state index contributed by atoms with van der Waals surface area (Å²) in [5.74, 6) is 1.80. The number of esters is 1. The third-order valence-electron chi connectivity index (χ3n) is 5.27. The van der Waals surface area contributed by atoms with Crippen molar-refractivity contribution in [1.82, 2.24) is 20.0 Å². The van der Waals surface area contributed by atoms with Gasteiger partial charge < -0.3 is 19.9 Å². The highest BCUT2D eigenvalue weighted by molar-refractivity contribution is 14.0. The Kier molecular flexibility index (Phi) is 10.8. The smallest absolute Gasteiger partial charge is 0.325 e. The topological polar surface area (TPSA) is 77.5 Å². The fourth-order valence-corrected chi connectivity index (χ4v) is 4.14. The summed E-state index contributed by atoms with van der Waals surface area (Å²) in [5, 5.41) is 3.09. The van der Waals surface area contributed by atoms with Gasteiger partial charge in [-0.3, -0.25) is 19.5 Å². The van der Waals surface area contributed by atoms with Crippen LogP contribution in [0, 0.1) is 11.8 Å². The van der Waals surface area contributed by atoms with E-state index < -0.39 is 5.60 Å². The minimum absolute atomic E-state index is 0. The summed E-state index contributed by atoms with van der Waals surface area (Å²) in [7, 11) is 1.71. The molecule has 9 heteroatoms. The second kappa shape index (κ2) is 12.1. The van der Waals surface area contributed by atoms with E-state index in [2.05, 4.69) is 34.0 Å². The van der Waals surface area contributed by atoms with Crippen molar-refractivity contribution in [3.8, 4) is 0 Å². The average molecular weight is 537 g/mol. The van der Waals surface area contributed by atoms with Gasteiger partial charge in [0.1, 0.15) is 12.1 Å². The van der Waals surface area contributed by atoms with Crippen LogP contribution in [0.5, 0.6) is 0 Å². The van der Waals surface area contributed by atoms with E-state index in [1.54, 1.807) is 7.05 Å². The number of piperazine rings is 1. The van der Waals surface area contributed by atoms with Crippen LogP contribution in [-0.4, -0.2) is 97.5 Å². The zero-order chi connectivity index (χ0) is 21.6. The monoisotopic (exact) mass is 537 g/mol. The van der Waals surface area contributed by atoms with E-state index in [-0.39, 0.29) is 42.4 Å². The quantitative estimate of drug-likeness (QED) is 0.255. The molecule has 2 unspecified atom stereocenters. The van der Waals surface area contributed by atoms with Crippen molar-refractivity contribution in [2.45, 2.75) is 46.6 Å². The van der Waals surface area contributed by atoms with Crippen LogP contribution in [0.1, 0.15) is 41.0 Å². The van der Waals surface area contributed by atoms with Gasteiger partial charge in [-0.1, -0.05) is 13.8 Å². The first-order valence-electron chi connectivity index (χ1n) is 10.7. The molecule has 2 aliphatic heterocycles. The van der Waals surface area contributed by atoms with Gasteiger partial charge in [-0.15, -0.1) is 24.0 Å². The predicted octanol–water partition coefficient (Wildman–Crippen LogP) is 1.64. The lowest BCUT2D eigenvalue weighted by molar-refractivity contribution is -0.153. The van der Waals surface area contributed by atoms with Gasteiger partial charge in [0.15, 0.2) is 5.96 Å². The summed E-state index contributed by atoms with van der Waals surface area (Å²) in [6.45, 7) is 15.5. The molecule has 0 aromatic rings. The molecule has 8 nitrogen and oxygen atoms in total. The largest absolute Gasteiger partial charge is 0.459 e. The van der Waals surface area contributed by atoms with Gasteiger partial charge in [0.2, 0.25) is 5.91 Å². The lowest BCUT2D eigenvalue weighted by Crippen LogP contribution is -2.55. The van der Waals surface area contributed by atoms with Crippen molar-refractivity contribution >= 4 is 41.8 Å². The summed E-state index contributed by atoms with van der Waals surface area (Å²) < 4.78 is 5.33. The number of likely N-dealkylation sites (tertiary alicyclic amines) is 1. The zero-order valence-corrected chi connectivity index (χ0v) is 21.8. The highest BCUT2D eigenvalue weighted by atomic mass is 127. The third kappa shape index (κ3) is 8.95. The molecule has 1 amide bonds. The molecule has 1 N–H and O–H groups in total. The van der Waals surface area contributed by atoms with Crippen LogP contribution in [0.15, 0.2) is 4.99 Å². The number of hydrogen-bond donors (Lipinski definition) is 1. The zero-order valence-electron chi connectivity index (χ0n) is 19.4. The number of carbonyl (C=O) groups excluding carboxylic acids is 2. The number of aliphatic imine (C=N–C) groups is 1. The Morgan fingerprint density at radius 2 is 1.60 bits per heavy atom. The molecule has 2 atom stereocenters. The molecule has 0 radical (unpaired) electrons. The molecule has 0 bridgehead atoms. The summed E-state index contributed by atoms with van der Waals surface area (Å²) >= 11 is 0. The first-order chi connectivity index (χ1) is 13.6. The first kappa shape index (κ1) is 26.9. The van der Waals surface area contributed by atoms with E-state index in [4.69, 9.17) is 4.74 Å². The van der Waals surface area contributed by atoms with Gasteiger partial charge >= 0.3 is 5.97 Å². The van der Waals surface area contributed by atoms with Gasteiger partial charge in [-0.25, -0.2) is 0 Å². The van der Waals surface area contributed by atoms with Crippen molar-refractivity contribution in [2.24, 2.45) is 16.8 Å².